The summed E-state index contributed by atoms with van der Waals surface area (Å²) in [5, 5.41) is 17.9. The molecule has 0 saturated carbocycles. The monoisotopic (exact) mass is 287 g/mol. The van der Waals surface area contributed by atoms with Crippen LogP contribution in [0.3, 0.4) is 0 Å². The zero-order chi connectivity index (χ0) is 14.6. The van der Waals surface area contributed by atoms with E-state index in [1.54, 1.807) is 6.92 Å². The largest absolute Gasteiger partial charge is 0.478 e. The molecule has 0 saturated heterocycles. The van der Waals surface area contributed by atoms with Gasteiger partial charge in [0.25, 0.3) is 0 Å². The molecule has 19 heavy (non-hydrogen) atoms. The minimum Gasteiger partial charge on any atom is -0.478 e. The second-order valence-electron chi connectivity index (χ2n) is 4.03. The number of hydrogen-bond donors (Lipinski definition) is 2. The molecule has 0 bridgehead atoms. The molecule has 0 aromatic heterocycles. The summed E-state index contributed by atoms with van der Waals surface area (Å²) in [6.45, 7) is 1.46. The van der Waals surface area contributed by atoms with Gasteiger partial charge in [0, 0.05) is 13.6 Å². The van der Waals surface area contributed by atoms with Crippen molar-refractivity contribution in [3.8, 4) is 0 Å². The van der Waals surface area contributed by atoms with E-state index >= 15 is 0 Å². The van der Waals surface area contributed by atoms with Crippen molar-refractivity contribution in [2.24, 2.45) is 0 Å². The van der Waals surface area contributed by atoms with Gasteiger partial charge in [-0.05, 0) is 24.1 Å². The van der Waals surface area contributed by atoms with Gasteiger partial charge in [0.05, 0.1) is 17.1 Å². The fourth-order valence-corrected chi connectivity index (χ4v) is 2.85. The van der Waals surface area contributed by atoms with E-state index in [0.29, 0.717) is 12.0 Å². The van der Waals surface area contributed by atoms with Crippen LogP contribution in [0.1, 0.15) is 22.8 Å². The average Bonchev–Trinajstić information content (AvgIpc) is 2.38. The van der Waals surface area contributed by atoms with Crippen molar-refractivity contribution in [3.05, 3.63) is 29.3 Å². The number of benzene rings is 1. The van der Waals surface area contributed by atoms with Crippen LogP contribution in [-0.4, -0.2) is 49.1 Å². The van der Waals surface area contributed by atoms with Gasteiger partial charge in [0.1, 0.15) is 0 Å². The minimum absolute atomic E-state index is 0.0130. The lowest BCUT2D eigenvalue weighted by molar-refractivity contribution is 0.0695. The molecule has 0 aliphatic rings. The molecular weight excluding hydrogens is 270 g/mol. The van der Waals surface area contributed by atoms with Crippen molar-refractivity contribution in [1.82, 2.24) is 4.31 Å². The van der Waals surface area contributed by atoms with Crippen molar-refractivity contribution < 1.29 is 23.4 Å². The van der Waals surface area contributed by atoms with E-state index < -0.39 is 16.0 Å². The fraction of sp³-hybridized carbons (Fsp3) is 0.417. The van der Waals surface area contributed by atoms with E-state index in [1.807, 2.05) is 0 Å². The highest BCUT2D eigenvalue weighted by Gasteiger charge is 2.22. The van der Waals surface area contributed by atoms with Gasteiger partial charge < -0.3 is 10.2 Å². The summed E-state index contributed by atoms with van der Waals surface area (Å²) < 4.78 is 25.2. The van der Waals surface area contributed by atoms with Crippen LogP contribution in [-0.2, 0) is 16.4 Å². The Labute approximate surface area is 112 Å². The van der Waals surface area contributed by atoms with E-state index in [0.717, 1.165) is 10.4 Å². The Bertz CT molecular complexity index is 567. The van der Waals surface area contributed by atoms with Gasteiger partial charge >= 0.3 is 5.97 Å². The molecule has 1 aromatic carbocycles. The molecule has 6 nitrogen and oxygen atoms in total. The number of aryl methyl sites for hydroxylation is 1. The van der Waals surface area contributed by atoms with Crippen molar-refractivity contribution in [3.63, 3.8) is 0 Å². The Hall–Kier alpha value is -1.44. The predicted octanol–water partition coefficient (Wildman–Crippen LogP) is 0.560. The Kier molecular flexibility index (Phi) is 5.04. The van der Waals surface area contributed by atoms with Crippen LogP contribution in [0.15, 0.2) is 23.1 Å². The molecule has 7 heteroatoms. The molecular formula is C12H17NO5S. The third-order valence-electron chi connectivity index (χ3n) is 2.82. The summed E-state index contributed by atoms with van der Waals surface area (Å²) in [4.78, 5) is 11.0. The van der Waals surface area contributed by atoms with Gasteiger partial charge in [0.2, 0.25) is 10.0 Å². The molecule has 0 fully saturated rings. The maximum Gasteiger partial charge on any atom is 0.336 e. The summed E-state index contributed by atoms with van der Waals surface area (Å²) in [6.07, 6.45) is 0.508. The summed E-state index contributed by atoms with van der Waals surface area (Å²) in [5.74, 6) is -1.15. The smallest absolute Gasteiger partial charge is 0.336 e. The molecule has 0 aliphatic carbocycles. The summed E-state index contributed by atoms with van der Waals surface area (Å²) >= 11 is 0. The molecule has 0 aliphatic heterocycles. The first kappa shape index (κ1) is 15.6. The zero-order valence-corrected chi connectivity index (χ0v) is 11.6. The number of nitrogens with zero attached hydrogens (tertiary/aromatic N) is 1. The molecule has 0 heterocycles. The number of likely N-dealkylation sites (N-methyl/N-ethyl adjacent to an activating group) is 1. The zero-order valence-electron chi connectivity index (χ0n) is 10.8. The highest BCUT2D eigenvalue weighted by molar-refractivity contribution is 7.89. The average molecular weight is 287 g/mol. The third-order valence-corrected chi connectivity index (χ3v) is 4.67. The maximum atomic E-state index is 12.1. The lowest BCUT2D eigenvalue weighted by Crippen LogP contribution is -2.29. The van der Waals surface area contributed by atoms with Crippen LogP contribution in [0, 0.1) is 0 Å². The standard InChI is InChI=1S/C12H17NO5S/c1-3-9-4-5-10(8-11(9)12(15)16)19(17,18)13(2)6-7-14/h4-5,8,14H,3,6-7H2,1-2H3,(H,15,16). The SMILES string of the molecule is CCc1ccc(S(=O)(=O)N(C)CCO)cc1C(=O)O. The van der Waals surface area contributed by atoms with Crippen LogP contribution in [0.2, 0.25) is 0 Å². The first-order valence-electron chi connectivity index (χ1n) is 5.78. The van der Waals surface area contributed by atoms with Crippen molar-refractivity contribution in [2.75, 3.05) is 20.2 Å². The maximum absolute atomic E-state index is 12.1. The number of aromatic carboxylic acids is 1. The number of carboxylic acid groups (broad SMARTS) is 1. The van der Waals surface area contributed by atoms with Gasteiger partial charge in [-0.3, -0.25) is 0 Å². The normalized spacial score (nSPS) is 11.8. The fourth-order valence-electron chi connectivity index (χ4n) is 1.66. The molecule has 106 valence electrons. The highest BCUT2D eigenvalue weighted by Crippen LogP contribution is 2.19. The van der Waals surface area contributed by atoms with Gasteiger partial charge in [-0.2, -0.15) is 4.31 Å². The number of carboxylic acids is 1. The number of hydrogen-bond acceptors (Lipinski definition) is 4. The molecule has 0 radical (unpaired) electrons. The molecule has 1 rings (SSSR count). The summed E-state index contributed by atoms with van der Waals surface area (Å²) in [5.41, 5.74) is 0.567. The molecule has 1 aromatic rings. The summed E-state index contributed by atoms with van der Waals surface area (Å²) in [6, 6.07) is 4.04. The van der Waals surface area contributed by atoms with Gasteiger partial charge in [0.15, 0.2) is 0 Å². The van der Waals surface area contributed by atoms with Crippen LogP contribution in [0.25, 0.3) is 0 Å². The minimum atomic E-state index is -3.77. The highest BCUT2D eigenvalue weighted by atomic mass is 32.2. The van der Waals surface area contributed by atoms with E-state index in [-0.39, 0.29) is 23.6 Å². The third kappa shape index (κ3) is 3.31. The van der Waals surface area contributed by atoms with Crippen LogP contribution >= 0.6 is 0 Å². The first-order valence-corrected chi connectivity index (χ1v) is 7.22. The second-order valence-corrected chi connectivity index (χ2v) is 6.07. The van der Waals surface area contributed by atoms with Gasteiger partial charge in [-0.1, -0.05) is 13.0 Å². The number of carbonyl (C=O) groups is 1. The van der Waals surface area contributed by atoms with Crippen LogP contribution < -0.4 is 0 Å². The van der Waals surface area contributed by atoms with Crippen molar-refractivity contribution in [2.45, 2.75) is 18.2 Å². The lowest BCUT2D eigenvalue weighted by Gasteiger charge is -2.16. The van der Waals surface area contributed by atoms with Crippen LogP contribution in [0.4, 0.5) is 0 Å². The summed E-state index contributed by atoms with van der Waals surface area (Å²) in [7, 11) is -2.44. The Balaban J connectivity index is 3.29. The number of rotatable bonds is 6. The Morgan fingerprint density at radius 1 is 1.37 bits per heavy atom. The second kappa shape index (κ2) is 6.14. The molecule has 0 unspecified atom stereocenters. The number of aliphatic hydroxyl groups excluding tert-OH is 1. The predicted molar refractivity (Wildman–Crippen MR) is 69.7 cm³/mol. The van der Waals surface area contributed by atoms with Crippen molar-refractivity contribution >= 4 is 16.0 Å². The topological polar surface area (TPSA) is 94.9 Å². The lowest BCUT2D eigenvalue weighted by atomic mass is 10.1. The molecule has 2 N–H and O–H groups in total. The number of sulfonamides is 1. The molecule has 0 amide bonds. The van der Waals surface area contributed by atoms with E-state index in [9.17, 15) is 13.2 Å². The van der Waals surface area contributed by atoms with E-state index in [4.69, 9.17) is 10.2 Å². The first-order chi connectivity index (χ1) is 8.84. The quantitative estimate of drug-likeness (QED) is 0.797. The van der Waals surface area contributed by atoms with Gasteiger partial charge in [-0.15, -0.1) is 0 Å². The van der Waals surface area contributed by atoms with E-state index in [2.05, 4.69) is 0 Å². The Morgan fingerprint density at radius 2 is 2.00 bits per heavy atom. The molecule has 0 atom stereocenters. The van der Waals surface area contributed by atoms with Crippen LogP contribution in [0.5, 0.6) is 0 Å². The number of aliphatic hydroxyl groups is 1. The Morgan fingerprint density at radius 3 is 2.47 bits per heavy atom. The molecule has 0 spiro atoms. The van der Waals surface area contributed by atoms with E-state index in [1.165, 1.54) is 19.2 Å². The van der Waals surface area contributed by atoms with Gasteiger partial charge in [-0.25, -0.2) is 13.2 Å². The van der Waals surface area contributed by atoms with Crippen molar-refractivity contribution in [1.29, 1.82) is 0 Å².